The fraction of sp³-hybridized carbons (Fsp3) is 0.250. The number of aliphatic hydroxyl groups is 1. The lowest BCUT2D eigenvalue weighted by Crippen LogP contribution is -2.25. The first-order valence-electron chi connectivity index (χ1n) is 6.60. The Morgan fingerprint density at radius 3 is 2.43 bits per heavy atom. The highest BCUT2D eigenvalue weighted by molar-refractivity contribution is 6.30. The van der Waals surface area contributed by atoms with Gasteiger partial charge < -0.3 is 20.3 Å². The number of halogens is 1. The van der Waals surface area contributed by atoms with Crippen molar-refractivity contribution in [3.05, 3.63) is 53.1 Å². The predicted octanol–water partition coefficient (Wildman–Crippen LogP) is 3.05. The number of hydrogen-bond donors (Lipinski definition) is 2. The fourth-order valence-electron chi connectivity index (χ4n) is 1.77. The molecule has 1 unspecified atom stereocenters. The van der Waals surface area contributed by atoms with E-state index in [1.165, 1.54) is 0 Å². The molecule has 1 atom stereocenters. The zero-order valence-electron chi connectivity index (χ0n) is 11.8. The quantitative estimate of drug-likeness (QED) is 0.805. The highest BCUT2D eigenvalue weighted by Crippen LogP contribution is 2.22. The van der Waals surface area contributed by atoms with Crippen molar-refractivity contribution in [1.29, 1.82) is 0 Å². The first-order chi connectivity index (χ1) is 10.0. The summed E-state index contributed by atoms with van der Waals surface area (Å²) in [6, 6.07) is 12.4. The van der Waals surface area contributed by atoms with E-state index in [1.54, 1.807) is 36.4 Å². The Labute approximate surface area is 129 Å². The molecule has 112 valence electrons. The second-order valence-corrected chi connectivity index (χ2v) is 5.19. The minimum absolute atomic E-state index is 0.149. The maximum absolute atomic E-state index is 9.87. The van der Waals surface area contributed by atoms with Crippen molar-refractivity contribution in [2.75, 3.05) is 18.9 Å². The molecule has 0 spiro atoms. The van der Waals surface area contributed by atoms with Crippen molar-refractivity contribution in [2.24, 2.45) is 0 Å². The van der Waals surface area contributed by atoms with E-state index < -0.39 is 6.10 Å². The Balaban J connectivity index is 1.79. The van der Waals surface area contributed by atoms with Gasteiger partial charge in [-0.3, -0.25) is 0 Å². The van der Waals surface area contributed by atoms with Gasteiger partial charge in [0.1, 0.15) is 30.8 Å². The summed E-state index contributed by atoms with van der Waals surface area (Å²) in [6.45, 7) is 2.20. The molecule has 0 fully saturated rings. The van der Waals surface area contributed by atoms with Gasteiger partial charge in [-0.1, -0.05) is 11.6 Å². The van der Waals surface area contributed by atoms with Crippen LogP contribution in [-0.4, -0.2) is 24.4 Å². The van der Waals surface area contributed by atoms with Crippen LogP contribution in [0.5, 0.6) is 11.5 Å². The minimum Gasteiger partial charge on any atom is -0.491 e. The van der Waals surface area contributed by atoms with E-state index in [4.69, 9.17) is 26.8 Å². The van der Waals surface area contributed by atoms with Crippen LogP contribution in [-0.2, 0) is 0 Å². The van der Waals surface area contributed by atoms with Crippen LogP contribution in [0.1, 0.15) is 5.56 Å². The predicted molar refractivity (Wildman–Crippen MR) is 84.0 cm³/mol. The molecular formula is C16H18ClNO3. The van der Waals surface area contributed by atoms with Crippen molar-refractivity contribution in [3.8, 4) is 11.5 Å². The van der Waals surface area contributed by atoms with Gasteiger partial charge in [-0.25, -0.2) is 0 Å². The molecule has 2 aromatic carbocycles. The highest BCUT2D eigenvalue weighted by Gasteiger charge is 2.08. The molecule has 0 aliphatic carbocycles. The maximum Gasteiger partial charge on any atom is 0.122 e. The maximum atomic E-state index is 9.87. The van der Waals surface area contributed by atoms with Gasteiger partial charge in [0.25, 0.3) is 0 Å². The Hall–Kier alpha value is -1.91. The molecule has 2 aromatic rings. The Morgan fingerprint density at radius 1 is 1.10 bits per heavy atom. The van der Waals surface area contributed by atoms with Crippen molar-refractivity contribution in [2.45, 2.75) is 13.0 Å². The van der Waals surface area contributed by atoms with E-state index >= 15 is 0 Å². The summed E-state index contributed by atoms with van der Waals surface area (Å²) >= 11 is 5.87. The molecule has 0 aliphatic heterocycles. The van der Waals surface area contributed by atoms with Gasteiger partial charge in [0, 0.05) is 10.7 Å². The number of ether oxygens (including phenoxy) is 2. The fourth-order valence-corrected chi connectivity index (χ4v) is 1.99. The Morgan fingerprint density at radius 2 is 1.76 bits per heavy atom. The summed E-state index contributed by atoms with van der Waals surface area (Å²) in [5, 5.41) is 10.5. The van der Waals surface area contributed by atoms with Crippen LogP contribution in [0.15, 0.2) is 42.5 Å². The lowest BCUT2D eigenvalue weighted by Gasteiger charge is -2.15. The molecule has 2 rings (SSSR count). The summed E-state index contributed by atoms with van der Waals surface area (Å²) in [5.74, 6) is 1.36. The summed E-state index contributed by atoms with van der Waals surface area (Å²) in [6.07, 6.45) is -0.724. The first kappa shape index (κ1) is 15.5. The molecule has 3 N–H and O–H groups in total. The standard InChI is InChI=1S/C16H18ClNO3/c1-11-8-12(17)2-7-16(11)21-10-14(19)9-20-15-5-3-13(18)4-6-15/h2-8,14,19H,9-10,18H2,1H3. The van der Waals surface area contributed by atoms with E-state index in [0.29, 0.717) is 22.2 Å². The molecule has 0 aromatic heterocycles. The Kier molecular flexibility index (Phi) is 5.31. The average Bonchev–Trinajstić information content (AvgIpc) is 2.46. The zero-order valence-corrected chi connectivity index (χ0v) is 12.5. The third-order valence-electron chi connectivity index (χ3n) is 2.89. The smallest absolute Gasteiger partial charge is 0.122 e. The molecule has 0 bridgehead atoms. The topological polar surface area (TPSA) is 64.7 Å². The number of hydrogen-bond acceptors (Lipinski definition) is 4. The van der Waals surface area contributed by atoms with Gasteiger partial charge in [0.05, 0.1) is 0 Å². The van der Waals surface area contributed by atoms with E-state index in [9.17, 15) is 5.11 Å². The third kappa shape index (κ3) is 4.85. The summed E-state index contributed by atoms with van der Waals surface area (Å²) in [4.78, 5) is 0. The minimum atomic E-state index is -0.724. The van der Waals surface area contributed by atoms with Gasteiger partial charge in [-0.15, -0.1) is 0 Å². The van der Waals surface area contributed by atoms with Gasteiger partial charge in [0.2, 0.25) is 0 Å². The van der Waals surface area contributed by atoms with Crippen LogP contribution in [0.2, 0.25) is 5.02 Å². The number of rotatable bonds is 6. The third-order valence-corrected chi connectivity index (χ3v) is 3.13. The average molecular weight is 308 g/mol. The molecule has 0 heterocycles. The molecule has 4 nitrogen and oxygen atoms in total. The number of aryl methyl sites for hydroxylation is 1. The molecule has 0 saturated heterocycles. The van der Waals surface area contributed by atoms with Gasteiger partial charge in [0.15, 0.2) is 0 Å². The molecule has 5 heteroatoms. The summed E-state index contributed by atoms with van der Waals surface area (Å²) in [7, 11) is 0. The van der Waals surface area contributed by atoms with Crippen LogP contribution in [0.4, 0.5) is 5.69 Å². The normalized spacial score (nSPS) is 12.0. The van der Waals surface area contributed by atoms with Crippen molar-refractivity contribution < 1.29 is 14.6 Å². The van der Waals surface area contributed by atoms with Crippen LogP contribution in [0, 0.1) is 6.92 Å². The molecule has 0 amide bonds. The lowest BCUT2D eigenvalue weighted by atomic mass is 10.2. The lowest BCUT2D eigenvalue weighted by molar-refractivity contribution is 0.0624. The second kappa shape index (κ2) is 7.20. The molecule has 0 aliphatic rings. The Bertz CT molecular complexity index is 587. The molecule has 0 saturated carbocycles. The number of nitrogens with two attached hydrogens (primary N) is 1. The number of anilines is 1. The SMILES string of the molecule is Cc1cc(Cl)ccc1OCC(O)COc1ccc(N)cc1. The number of aliphatic hydroxyl groups excluding tert-OH is 1. The molecule has 0 radical (unpaired) electrons. The van der Waals surface area contributed by atoms with Crippen LogP contribution in [0.3, 0.4) is 0 Å². The van der Waals surface area contributed by atoms with E-state index in [2.05, 4.69) is 0 Å². The van der Waals surface area contributed by atoms with Crippen LogP contribution in [0.25, 0.3) is 0 Å². The highest BCUT2D eigenvalue weighted by atomic mass is 35.5. The monoisotopic (exact) mass is 307 g/mol. The van der Waals surface area contributed by atoms with Gasteiger partial charge >= 0.3 is 0 Å². The zero-order chi connectivity index (χ0) is 15.2. The van der Waals surface area contributed by atoms with Crippen molar-refractivity contribution in [1.82, 2.24) is 0 Å². The first-order valence-corrected chi connectivity index (χ1v) is 6.98. The molecule has 21 heavy (non-hydrogen) atoms. The number of nitrogen functional groups attached to an aromatic ring is 1. The van der Waals surface area contributed by atoms with Crippen LogP contribution < -0.4 is 15.2 Å². The van der Waals surface area contributed by atoms with Crippen molar-refractivity contribution >= 4 is 17.3 Å². The van der Waals surface area contributed by atoms with E-state index in [1.807, 2.05) is 13.0 Å². The van der Waals surface area contributed by atoms with E-state index in [-0.39, 0.29) is 13.2 Å². The van der Waals surface area contributed by atoms with Gasteiger partial charge in [-0.05, 0) is 55.0 Å². The van der Waals surface area contributed by atoms with Gasteiger partial charge in [-0.2, -0.15) is 0 Å². The second-order valence-electron chi connectivity index (χ2n) is 4.75. The number of benzene rings is 2. The molecular weight excluding hydrogens is 290 g/mol. The summed E-state index contributed by atoms with van der Waals surface area (Å²) < 4.78 is 11.0. The van der Waals surface area contributed by atoms with Crippen molar-refractivity contribution in [3.63, 3.8) is 0 Å². The van der Waals surface area contributed by atoms with E-state index in [0.717, 1.165) is 5.56 Å². The largest absolute Gasteiger partial charge is 0.491 e. The summed E-state index contributed by atoms with van der Waals surface area (Å²) in [5.41, 5.74) is 7.18. The van der Waals surface area contributed by atoms with Crippen LogP contribution >= 0.6 is 11.6 Å².